The highest BCUT2D eigenvalue weighted by Crippen LogP contribution is 2.36. The van der Waals surface area contributed by atoms with Crippen LogP contribution in [-0.2, 0) is 17.5 Å². The van der Waals surface area contributed by atoms with Crippen LogP contribution in [-0.4, -0.2) is 31.0 Å². The van der Waals surface area contributed by atoms with Gasteiger partial charge in [0.25, 0.3) is 5.91 Å². The third-order valence-corrected chi connectivity index (χ3v) is 4.23. The predicted molar refractivity (Wildman–Crippen MR) is 97.2 cm³/mol. The molecule has 0 saturated heterocycles. The Bertz CT molecular complexity index is 790. The van der Waals surface area contributed by atoms with Crippen LogP contribution in [0, 0.1) is 0 Å². The fourth-order valence-electron chi connectivity index (χ4n) is 2.55. The summed E-state index contributed by atoms with van der Waals surface area (Å²) in [6, 6.07) is 10.6. The maximum absolute atomic E-state index is 12.9. The van der Waals surface area contributed by atoms with Crippen molar-refractivity contribution >= 4 is 34.8 Å². The minimum atomic E-state index is -4.58. The van der Waals surface area contributed by atoms with Gasteiger partial charge in [-0.3, -0.25) is 4.79 Å². The van der Waals surface area contributed by atoms with E-state index in [4.69, 9.17) is 23.2 Å². The maximum atomic E-state index is 12.9. The van der Waals surface area contributed by atoms with Crippen molar-refractivity contribution in [3.8, 4) is 0 Å². The number of nitrogens with one attached hydrogen (secondary N) is 1. The van der Waals surface area contributed by atoms with Crippen molar-refractivity contribution in [2.45, 2.75) is 12.7 Å². The Hall–Kier alpha value is -1.76. The van der Waals surface area contributed by atoms with Crippen LogP contribution in [0.3, 0.4) is 0 Å². The molecule has 0 bridgehead atoms. The van der Waals surface area contributed by atoms with Crippen molar-refractivity contribution < 1.29 is 22.4 Å². The van der Waals surface area contributed by atoms with E-state index in [-0.39, 0.29) is 18.1 Å². The Morgan fingerprint density at radius 2 is 1.69 bits per heavy atom. The van der Waals surface area contributed by atoms with Crippen LogP contribution in [0.25, 0.3) is 0 Å². The molecule has 0 spiro atoms. The van der Waals surface area contributed by atoms with Crippen molar-refractivity contribution in [2.24, 2.45) is 0 Å². The summed E-state index contributed by atoms with van der Waals surface area (Å²) in [5.74, 6) is -0.389. The van der Waals surface area contributed by atoms with Gasteiger partial charge in [-0.1, -0.05) is 35.3 Å². The summed E-state index contributed by atoms with van der Waals surface area (Å²) >= 11 is 11.4. The van der Waals surface area contributed by atoms with Crippen LogP contribution in [0.15, 0.2) is 42.5 Å². The van der Waals surface area contributed by atoms with E-state index in [1.54, 1.807) is 12.1 Å². The summed E-state index contributed by atoms with van der Waals surface area (Å²) in [7, 11) is 3.72. The first kappa shape index (κ1) is 20.6. The fourth-order valence-corrected chi connectivity index (χ4v) is 2.90. The zero-order valence-electron chi connectivity index (χ0n) is 14.2. The van der Waals surface area contributed by atoms with E-state index in [2.05, 4.69) is 5.32 Å². The van der Waals surface area contributed by atoms with Gasteiger partial charge in [-0.15, -0.1) is 0 Å². The van der Waals surface area contributed by atoms with E-state index in [0.29, 0.717) is 16.1 Å². The van der Waals surface area contributed by atoms with E-state index in [9.17, 15) is 18.0 Å². The van der Waals surface area contributed by atoms with Gasteiger partial charge in [-0.2, -0.15) is 13.2 Å². The molecule has 0 atom stereocenters. The number of benzene rings is 2. The number of hydrogen-bond acceptors (Lipinski definition) is 1. The smallest absolute Gasteiger partial charge is 0.321 e. The Morgan fingerprint density at radius 3 is 2.27 bits per heavy atom. The van der Waals surface area contributed by atoms with Crippen molar-refractivity contribution in [1.82, 2.24) is 0 Å². The number of alkyl halides is 3. The predicted octanol–water partition coefficient (Wildman–Crippen LogP) is 5.23. The van der Waals surface area contributed by atoms with Gasteiger partial charge in [0, 0.05) is 16.3 Å². The number of carbonyl (C=O) groups excluding carboxylic acids is 1. The lowest BCUT2D eigenvalue weighted by Crippen LogP contribution is -2.44. The molecule has 0 heterocycles. The first-order chi connectivity index (χ1) is 12.0. The molecule has 0 aromatic heterocycles. The van der Waals surface area contributed by atoms with Crippen molar-refractivity contribution in [3.63, 3.8) is 0 Å². The molecule has 0 unspecified atom stereocenters. The van der Waals surface area contributed by atoms with Gasteiger partial charge in [-0.25, -0.2) is 0 Å². The van der Waals surface area contributed by atoms with Crippen molar-refractivity contribution in [2.75, 3.05) is 26.0 Å². The van der Waals surface area contributed by atoms with Crippen LogP contribution in [0.4, 0.5) is 18.9 Å². The number of likely N-dealkylation sites (N-methyl/N-ethyl adjacent to an activating group) is 1. The highest BCUT2D eigenvalue weighted by Gasteiger charge is 2.33. The monoisotopic (exact) mass is 405 g/mol. The Labute approximate surface area is 159 Å². The molecule has 2 aromatic carbocycles. The highest BCUT2D eigenvalue weighted by atomic mass is 35.5. The molecule has 0 fully saturated rings. The second-order valence-corrected chi connectivity index (χ2v) is 7.46. The largest absolute Gasteiger partial charge is 0.417 e. The van der Waals surface area contributed by atoms with E-state index >= 15 is 0 Å². The van der Waals surface area contributed by atoms with Gasteiger partial charge >= 0.3 is 6.18 Å². The zero-order chi connectivity index (χ0) is 19.5. The average molecular weight is 406 g/mol. The second-order valence-electron chi connectivity index (χ2n) is 6.62. The van der Waals surface area contributed by atoms with Gasteiger partial charge in [0.2, 0.25) is 0 Å². The molecule has 0 aliphatic heterocycles. The SMILES string of the molecule is C[N+](C)(CC(=O)Nc1ccc(Cl)c(C(F)(F)F)c1)Cc1ccc(Cl)cc1. The van der Waals surface area contributed by atoms with Crippen molar-refractivity contribution in [1.29, 1.82) is 0 Å². The lowest BCUT2D eigenvalue weighted by Gasteiger charge is -2.29. The summed E-state index contributed by atoms with van der Waals surface area (Å²) in [5, 5.41) is 2.72. The Morgan fingerprint density at radius 1 is 1.08 bits per heavy atom. The molecular formula is C18H18Cl2F3N2O+. The number of halogens is 5. The molecule has 26 heavy (non-hydrogen) atoms. The molecule has 1 N–H and O–H groups in total. The van der Waals surface area contributed by atoms with E-state index in [1.165, 1.54) is 6.07 Å². The van der Waals surface area contributed by atoms with E-state index in [1.807, 2.05) is 26.2 Å². The quantitative estimate of drug-likeness (QED) is 0.678. The first-order valence-corrected chi connectivity index (χ1v) is 8.45. The van der Waals surface area contributed by atoms with Gasteiger partial charge in [0.1, 0.15) is 6.54 Å². The molecule has 1 amide bonds. The number of hydrogen-bond donors (Lipinski definition) is 1. The summed E-state index contributed by atoms with van der Waals surface area (Å²) in [6.07, 6.45) is -4.58. The van der Waals surface area contributed by atoms with E-state index < -0.39 is 16.8 Å². The Balaban J connectivity index is 2.04. The third-order valence-electron chi connectivity index (χ3n) is 3.65. The normalized spacial score (nSPS) is 12.1. The van der Waals surface area contributed by atoms with Crippen LogP contribution in [0.2, 0.25) is 10.0 Å². The summed E-state index contributed by atoms with van der Waals surface area (Å²) in [5.41, 5.74) is 0.0724. The Kier molecular flexibility index (Phi) is 6.21. The number of rotatable bonds is 5. The van der Waals surface area contributed by atoms with Crippen molar-refractivity contribution in [3.05, 3.63) is 63.6 Å². The number of anilines is 1. The summed E-state index contributed by atoms with van der Waals surface area (Å²) < 4.78 is 39.0. The molecule has 140 valence electrons. The molecule has 2 aromatic rings. The summed E-state index contributed by atoms with van der Waals surface area (Å²) in [6.45, 7) is 0.658. The second kappa shape index (κ2) is 7.86. The maximum Gasteiger partial charge on any atom is 0.417 e. The standard InChI is InChI=1S/C18H17Cl2F3N2O/c1-25(2,10-12-3-5-13(19)6-4-12)11-17(26)24-14-7-8-16(20)15(9-14)18(21,22)23/h3-9H,10-11H2,1-2H3/p+1. The van der Waals surface area contributed by atoms with Gasteiger partial charge in [0.15, 0.2) is 6.54 Å². The molecule has 8 heteroatoms. The van der Waals surface area contributed by atoms with Gasteiger partial charge in [0.05, 0.1) is 24.7 Å². The highest BCUT2D eigenvalue weighted by molar-refractivity contribution is 6.31. The first-order valence-electron chi connectivity index (χ1n) is 7.69. The lowest BCUT2D eigenvalue weighted by molar-refractivity contribution is -0.895. The lowest BCUT2D eigenvalue weighted by atomic mass is 10.2. The summed E-state index contributed by atoms with van der Waals surface area (Å²) in [4.78, 5) is 12.3. The van der Waals surface area contributed by atoms with Crippen LogP contribution >= 0.6 is 23.2 Å². The molecule has 2 rings (SSSR count). The van der Waals surface area contributed by atoms with Crippen LogP contribution in [0.1, 0.15) is 11.1 Å². The molecule has 0 aliphatic carbocycles. The van der Waals surface area contributed by atoms with Gasteiger partial charge < -0.3 is 9.80 Å². The van der Waals surface area contributed by atoms with Crippen LogP contribution < -0.4 is 5.32 Å². The molecular weight excluding hydrogens is 388 g/mol. The minimum Gasteiger partial charge on any atom is -0.321 e. The number of amides is 1. The topological polar surface area (TPSA) is 29.1 Å². The number of carbonyl (C=O) groups is 1. The zero-order valence-corrected chi connectivity index (χ0v) is 15.7. The molecule has 3 nitrogen and oxygen atoms in total. The number of quaternary nitrogens is 1. The average Bonchev–Trinajstić information content (AvgIpc) is 2.49. The fraction of sp³-hybridized carbons (Fsp3) is 0.278. The molecule has 0 aliphatic rings. The molecule has 0 saturated carbocycles. The number of nitrogens with zero attached hydrogens (tertiary/aromatic N) is 1. The van der Waals surface area contributed by atoms with Gasteiger partial charge in [-0.05, 0) is 30.3 Å². The third kappa shape index (κ3) is 5.90. The minimum absolute atomic E-state index is 0.0539. The van der Waals surface area contributed by atoms with Crippen LogP contribution in [0.5, 0.6) is 0 Å². The van der Waals surface area contributed by atoms with E-state index in [0.717, 1.165) is 17.7 Å². The molecule has 0 radical (unpaired) electrons.